The van der Waals surface area contributed by atoms with E-state index in [1.165, 1.54) is 5.56 Å². The molecule has 11 heavy (non-hydrogen) atoms. The third kappa shape index (κ3) is 1.90. The van der Waals surface area contributed by atoms with Crippen molar-refractivity contribution in [3.05, 3.63) is 23.8 Å². The fraction of sp³-hybridized carbons (Fsp3) is 0.333. The van der Waals surface area contributed by atoms with E-state index in [4.69, 9.17) is 0 Å². The summed E-state index contributed by atoms with van der Waals surface area (Å²) in [5.74, 6) is 0.400. The second kappa shape index (κ2) is 3.67. The van der Waals surface area contributed by atoms with Gasteiger partial charge in [0.25, 0.3) is 0 Å². The van der Waals surface area contributed by atoms with Gasteiger partial charge in [-0.25, -0.2) is 0 Å². The lowest BCUT2D eigenvalue weighted by Crippen LogP contribution is -1.80. The smallest absolute Gasteiger partial charge is 0.129 e. The zero-order valence-corrected chi connectivity index (χ0v) is 7.61. The van der Waals surface area contributed by atoms with Crippen molar-refractivity contribution in [1.29, 1.82) is 0 Å². The van der Waals surface area contributed by atoms with Gasteiger partial charge in [0.2, 0.25) is 0 Å². The molecule has 0 saturated heterocycles. The Bertz CT molecular complexity index is 245. The average Bonchev–Trinajstić information content (AvgIpc) is 2.04. The highest BCUT2D eigenvalue weighted by atomic mass is 32.2. The quantitative estimate of drug-likeness (QED) is 0.685. The lowest BCUT2D eigenvalue weighted by molar-refractivity contribution is 0.462. The Balaban J connectivity index is 2.99. The predicted octanol–water partition coefficient (Wildman–Crippen LogP) is 2.68. The SMILES string of the molecule is CCc1ccc(SC)c(O)c1. The monoisotopic (exact) mass is 168 g/mol. The Morgan fingerprint density at radius 3 is 2.64 bits per heavy atom. The highest BCUT2D eigenvalue weighted by molar-refractivity contribution is 7.98. The largest absolute Gasteiger partial charge is 0.507 e. The molecule has 1 nitrogen and oxygen atoms in total. The van der Waals surface area contributed by atoms with Crippen molar-refractivity contribution in [2.45, 2.75) is 18.2 Å². The number of hydrogen-bond donors (Lipinski definition) is 1. The number of aryl methyl sites for hydroxylation is 1. The van der Waals surface area contributed by atoms with Crippen LogP contribution in [0.25, 0.3) is 0 Å². The summed E-state index contributed by atoms with van der Waals surface area (Å²) >= 11 is 1.56. The van der Waals surface area contributed by atoms with Crippen molar-refractivity contribution >= 4 is 11.8 Å². The Hall–Kier alpha value is -0.630. The summed E-state index contributed by atoms with van der Waals surface area (Å²) in [4.78, 5) is 0.946. The van der Waals surface area contributed by atoms with Crippen LogP contribution < -0.4 is 0 Å². The first-order chi connectivity index (χ1) is 5.27. The molecule has 60 valence electrons. The summed E-state index contributed by atoms with van der Waals surface area (Å²) in [6, 6.07) is 5.83. The van der Waals surface area contributed by atoms with Crippen LogP contribution in [0.2, 0.25) is 0 Å². The zero-order chi connectivity index (χ0) is 8.27. The van der Waals surface area contributed by atoms with Crippen LogP contribution in [0.5, 0.6) is 5.75 Å². The van der Waals surface area contributed by atoms with Crippen LogP contribution in [0, 0.1) is 0 Å². The molecular formula is C9H12OS. The molecule has 1 N–H and O–H groups in total. The normalized spacial score (nSPS) is 10.0. The summed E-state index contributed by atoms with van der Waals surface area (Å²) in [5.41, 5.74) is 1.18. The van der Waals surface area contributed by atoms with E-state index in [0.29, 0.717) is 5.75 Å². The number of aromatic hydroxyl groups is 1. The third-order valence-corrected chi connectivity index (χ3v) is 2.44. The summed E-state index contributed by atoms with van der Waals surface area (Å²) < 4.78 is 0. The Morgan fingerprint density at radius 1 is 1.45 bits per heavy atom. The molecule has 0 aliphatic heterocycles. The van der Waals surface area contributed by atoms with Gasteiger partial charge in [-0.2, -0.15) is 0 Å². The van der Waals surface area contributed by atoms with E-state index >= 15 is 0 Å². The first-order valence-electron chi connectivity index (χ1n) is 3.63. The van der Waals surface area contributed by atoms with Gasteiger partial charge in [-0.15, -0.1) is 11.8 Å². The third-order valence-electron chi connectivity index (χ3n) is 1.65. The molecule has 0 unspecified atom stereocenters. The van der Waals surface area contributed by atoms with Gasteiger partial charge in [-0.05, 0) is 30.4 Å². The highest BCUT2D eigenvalue weighted by Gasteiger charge is 1.98. The second-order valence-corrected chi connectivity index (χ2v) is 3.21. The number of hydrogen-bond acceptors (Lipinski definition) is 2. The molecule has 0 fully saturated rings. The minimum Gasteiger partial charge on any atom is -0.507 e. The zero-order valence-electron chi connectivity index (χ0n) is 6.79. The summed E-state index contributed by atoms with van der Waals surface area (Å²) in [6.45, 7) is 2.08. The van der Waals surface area contributed by atoms with Crippen molar-refractivity contribution in [1.82, 2.24) is 0 Å². The van der Waals surface area contributed by atoms with Crippen LogP contribution >= 0.6 is 11.8 Å². The Morgan fingerprint density at radius 2 is 2.18 bits per heavy atom. The van der Waals surface area contributed by atoms with Gasteiger partial charge >= 0.3 is 0 Å². The molecule has 0 bridgehead atoms. The molecule has 0 spiro atoms. The molecular weight excluding hydrogens is 156 g/mol. The molecule has 1 aromatic carbocycles. The summed E-state index contributed by atoms with van der Waals surface area (Å²) in [6.07, 6.45) is 2.93. The van der Waals surface area contributed by atoms with E-state index in [-0.39, 0.29) is 0 Å². The van der Waals surface area contributed by atoms with Crippen molar-refractivity contribution in [3.8, 4) is 5.75 Å². The van der Waals surface area contributed by atoms with Crippen molar-refractivity contribution in [3.63, 3.8) is 0 Å². The molecule has 0 amide bonds. The summed E-state index contributed by atoms with van der Waals surface area (Å²) in [5, 5.41) is 9.40. The average molecular weight is 168 g/mol. The fourth-order valence-corrected chi connectivity index (χ4v) is 1.43. The summed E-state index contributed by atoms with van der Waals surface area (Å²) in [7, 11) is 0. The molecule has 0 aliphatic carbocycles. The van der Waals surface area contributed by atoms with Crippen LogP contribution in [-0.2, 0) is 6.42 Å². The van der Waals surface area contributed by atoms with E-state index in [1.54, 1.807) is 11.8 Å². The van der Waals surface area contributed by atoms with Gasteiger partial charge < -0.3 is 5.11 Å². The number of phenolic OH excluding ortho intramolecular Hbond substituents is 1. The van der Waals surface area contributed by atoms with Crippen LogP contribution in [0.3, 0.4) is 0 Å². The molecule has 1 rings (SSSR count). The molecule has 1 aromatic rings. The van der Waals surface area contributed by atoms with Crippen molar-refractivity contribution in [2.24, 2.45) is 0 Å². The van der Waals surface area contributed by atoms with Crippen molar-refractivity contribution in [2.75, 3.05) is 6.26 Å². The number of thioether (sulfide) groups is 1. The molecule has 0 aliphatic rings. The van der Waals surface area contributed by atoms with Gasteiger partial charge in [0, 0.05) is 4.90 Å². The number of benzene rings is 1. The number of phenols is 1. The van der Waals surface area contributed by atoms with Crippen LogP contribution in [0.15, 0.2) is 23.1 Å². The van der Waals surface area contributed by atoms with Crippen LogP contribution in [0.4, 0.5) is 0 Å². The first-order valence-corrected chi connectivity index (χ1v) is 4.86. The standard InChI is InChI=1S/C9H12OS/c1-3-7-4-5-9(11-2)8(10)6-7/h4-6,10H,3H2,1-2H3. The predicted molar refractivity (Wildman–Crippen MR) is 49.3 cm³/mol. The molecule has 0 aromatic heterocycles. The minimum absolute atomic E-state index is 0.400. The van der Waals surface area contributed by atoms with Crippen LogP contribution in [0.1, 0.15) is 12.5 Å². The highest BCUT2D eigenvalue weighted by Crippen LogP contribution is 2.27. The Kier molecular flexibility index (Phi) is 2.83. The minimum atomic E-state index is 0.400. The number of rotatable bonds is 2. The maximum Gasteiger partial charge on any atom is 0.129 e. The Labute approximate surface area is 71.4 Å². The van der Waals surface area contributed by atoms with E-state index in [0.717, 1.165) is 11.3 Å². The van der Waals surface area contributed by atoms with Gasteiger partial charge in [0.15, 0.2) is 0 Å². The topological polar surface area (TPSA) is 20.2 Å². The van der Waals surface area contributed by atoms with Gasteiger partial charge in [0.05, 0.1) is 0 Å². The van der Waals surface area contributed by atoms with E-state index < -0.39 is 0 Å². The van der Waals surface area contributed by atoms with Crippen LogP contribution in [-0.4, -0.2) is 11.4 Å². The lowest BCUT2D eigenvalue weighted by atomic mass is 10.2. The van der Waals surface area contributed by atoms with E-state index in [9.17, 15) is 5.11 Å². The van der Waals surface area contributed by atoms with Crippen molar-refractivity contribution < 1.29 is 5.11 Å². The fourth-order valence-electron chi connectivity index (χ4n) is 0.955. The maximum atomic E-state index is 9.40. The van der Waals surface area contributed by atoms with E-state index in [2.05, 4.69) is 6.92 Å². The second-order valence-electron chi connectivity index (χ2n) is 2.36. The molecule has 2 heteroatoms. The lowest BCUT2D eigenvalue weighted by Gasteiger charge is -2.02. The maximum absolute atomic E-state index is 9.40. The molecule has 0 heterocycles. The first kappa shape index (κ1) is 8.47. The van der Waals surface area contributed by atoms with Gasteiger partial charge in [0.1, 0.15) is 5.75 Å². The molecule has 0 radical (unpaired) electrons. The van der Waals surface area contributed by atoms with Gasteiger partial charge in [-0.3, -0.25) is 0 Å². The molecule has 0 atom stereocenters. The van der Waals surface area contributed by atoms with Gasteiger partial charge in [-0.1, -0.05) is 13.0 Å². The molecule has 0 saturated carbocycles. The van der Waals surface area contributed by atoms with E-state index in [1.807, 2.05) is 24.5 Å².